The van der Waals surface area contributed by atoms with Crippen LogP contribution in [0.1, 0.15) is 37.7 Å². The fraction of sp³-hybridized carbons (Fsp3) is 0.684. The van der Waals surface area contributed by atoms with Gasteiger partial charge in [-0.1, -0.05) is 30.3 Å². The van der Waals surface area contributed by atoms with Gasteiger partial charge >= 0.3 is 0 Å². The lowest BCUT2D eigenvalue weighted by atomic mass is 9.92. The maximum Gasteiger partial charge on any atom is 0.293 e. The van der Waals surface area contributed by atoms with E-state index >= 15 is 0 Å². The normalized spacial score (nSPS) is 27.0. The second kappa shape index (κ2) is 9.03. The first kappa shape index (κ1) is 18.7. The molecule has 1 atom stereocenters. The molecular formula is C19H26F2O4. The highest BCUT2D eigenvalue weighted by atomic mass is 19.3. The fourth-order valence-electron chi connectivity index (χ4n) is 2.92. The van der Waals surface area contributed by atoms with Crippen LogP contribution in [0.3, 0.4) is 0 Å². The average Bonchev–Trinajstić information content (AvgIpc) is 2.60. The van der Waals surface area contributed by atoms with Gasteiger partial charge in [-0.25, -0.2) is 8.78 Å². The van der Waals surface area contributed by atoms with Crippen molar-refractivity contribution < 1.29 is 27.7 Å². The van der Waals surface area contributed by atoms with Crippen molar-refractivity contribution in [3.05, 3.63) is 35.9 Å². The summed E-state index contributed by atoms with van der Waals surface area (Å²) in [7, 11) is 0. The molecule has 0 radical (unpaired) electrons. The van der Waals surface area contributed by atoms with Crippen molar-refractivity contribution in [2.45, 2.75) is 63.1 Å². The molecule has 1 heterocycles. The molecular weight excluding hydrogens is 330 g/mol. The van der Waals surface area contributed by atoms with Crippen LogP contribution >= 0.6 is 0 Å². The smallest absolute Gasteiger partial charge is 0.293 e. The molecule has 0 bridgehead atoms. The standard InChI is InChI=1S/C19H26F2O4/c20-19(21,14-25-18-8-4-5-9-22-18)13-24-17-10-16(11-17)23-12-15-6-2-1-3-7-15/h1-3,6-7,16-18H,4-5,8-14H2/t16-,17+,18?. The maximum absolute atomic E-state index is 13.8. The summed E-state index contributed by atoms with van der Waals surface area (Å²) in [6.45, 7) is -0.142. The summed E-state index contributed by atoms with van der Waals surface area (Å²) < 4.78 is 49.2. The van der Waals surface area contributed by atoms with Crippen molar-refractivity contribution >= 4 is 0 Å². The fourth-order valence-corrected chi connectivity index (χ4v) is 2.92. The Balaban J connectivity index is 1.26. The van der Waals surface area contributed by atoms with Crippen LogP contribution in [0.25, 0.3) is 0 Å². The van der Waals surface area contributed by atoms with E-state index in [0.29, 0.717) is 32.5 Å². The SMILES string of the molecule is FC(F)(COC1CCCCO1)CO[C@H]1C[C@@H](OCc2ccccc2)C1. The van der Waals surface area contributed by atoms with Crippen LogP contribution in [-0.4, -0.2) is 44.2 Å². The molecule has 0 N–H and O–H groups in total. The van der Waals surface area contributed by atoms with Gasteiger partial charge in [-0.3, -0.25) is 0 Å². The summed E-state index contributed by atoms with van der Waals surface area (Å²) in [5.74, 6) is -2.99. The monoisotopic (exact) mass is 356 g/mol. The first-order chi connectivity index (χ1) is 12.1. The number of halogens is 2. The molecule has 140 valence electrons. The predicted molar refractivity (Wildman–Crippen MR) is 88.5 cm³/mol. The first-order valence-corrected chi connectivity index (χ1v) is 8.99. The molecule has 1 unspecified atom stereocenters. The van der Waals surface area contributed by atoms with Crippen LogP contribution in [0, 0.1) is 0 Å². The van der Waals surface area contributed by atoms with Gasteiger partial charge < -0.3 is 18.9 Å². The van der Waals surface area contributed by atoms with E-state index in [0.717, 1.165) is 18.4 Å². The number of rotatable bonds is 9. The van der Waals surface area contributed by atoms with E-state index in [4.69, 9.17) is 18.9 Å². The highest BCUT2D eigenvalue weighted by Gasteiger charge is 2.36. The van der Waals surface area contributed by atoms with E-state index in [1.807, 2.05) is 30.3 Å². The topological polar surface area (TPSA) is 36.9 Å². The molecule has 3 rings (SSSR count). The molecule has 0 spiro atoms. The van der Waals surface area contributed by atoms with Crippen LogP contribution in [0.2, 0.25) is 0 Å². The molecule has 1 aliphatic heterocycles. The molecule has 1 aliphatic carbocycles. The third-order valence-corrected chi connectivity index (χ3v) is 4.53. The Bertz CT molecular complexity index is 499. The van der Waals surface area contributed by atoms with Gasteiger partial charge in [-0.15, -0.1) is 0 Å². The quantitative estimate of drug-likeness (QED) is 0.672. The second-order valence-corrected chi connectivity index (χ2v) is 6.79. The van der Waals surface area contributed by atoms with E-state index in [1.165, 1.54) is 0 Å². The molecule has 1 saturated carbocycles. The minimum absolute atomic E-state index is 0.0886. The van der Waals surface area contributed by atoms with E-state index in [1.54, 1.807) is 0 Å². The van der Waals surface area contributed by atoms with Crippen molar-refractivity contribution in [3.63, 3.8) is 0 Å². The Morgan fingerprint density at radius 3 is 2.40 bits per heavy atom. The lowest BCUT2D eigenvalue weighted by molar-refractivity contribution is -0.220. The molecule has 2 fully saturated rings. The number of hydrogen-bond acceptors (Lipinski definition) is 4. The largest absolute Gasteiger partial charge is 0.373 e. The molecule has 1 saturated heterocycles. The number of alkyl halides is 2. The molecule has 2 aliphatic rings. The molecule has 1 aromatic rings. The van der Waals surface area contributed by atoms with Gasteiger partial charge in [0.15, 0.2) is 6.29 Å². The lowest BCUT2D eigenvalue weighted by Gasteiger charge is -2.35. The summed E-state index contributed by atoms with van der Waals surface area (Å²) in [6, 6.07) is 9.90. The van der Waals surface area contributed by atoms with Crippen molar-refractivity contribution in [1.82, 2.24) is 0 Å². The Kier molecular flexibility index (Phi) is 6.76. The highest BCUT2D eigenvalue weighted by Crippen LogP contribution is 2.29. The Morgan fingerprint density at radius 1 is 0.960 bits per heavy atom. The average molecular weight is 356 g/mol. The van der Waals surface area contributed by atoms with Crippen molar-refractivity contribution in [3.8, 4) is 0 Å². The van der Waals surface area contributed by atoms with Crippen LogP contribution in [0.4, 0.5) is 8.78 Å². The Hall–Kier alpha value is -1.08. The predicted octanol–water partition coefficient (Wildman–Crippen LogP) is 3.93. The summed E-state index contributed by atoms with van der Waals surface area (Å²) in [5.41, 5.74) is 1.11. The zero-order valence-corrected chi connectivity index (χ0v) is 14.4. The molecule has 0 aromatic heterocycles. The third kappa shape index (κ3) is 6.29. The van der Waals surface area contributed by atoms with E-state index in [-0.39, 0.29) is 12.2 Å². The van der Waals surface area contributed by atoms with Gasteiger partial charge in [0, 0.05) is 6.61 Å². The summed E-state index contributed by atoms with van der Waals surface area (Å²) in [5, 5.41) is 0. The second-order valence-electron chi connectivity index (χ2n) is 6.79. The molecule has 1 aromatic carbocycles. The summed E-state index contributed by atoms with van der Waals surface area (Å²) >= 11 is 0. The van der Waals surface area contributed by atoms with Gasteiger partial charge in [-0.05, 0) is 37.7 Å². The molecule has 4 nitrogen and oxygen atoms in total. The minimum atomic E-state index is -2.99. The zero-order valence-electron chi connectivity index (χ0n) is 14.4. The number of hydrogen-bond donors (Lipinski definition) is 0. The van der Waals surface area contributed by atoms with Gasteiger partial charge in [0.25, 0.3) is 5.92 Å². The summed E-state index contributed by atoms with van der Waals surface area (Å²) in [6.07, 6.45) is 3.36. The van der Waals surface area contributed by atoms with Crippen LogP contribution in [-0.2, 0) is 25.6 Å². The first-order valence-electron chi connectivity index (χ1n) is 8.99. The number of benzene rings is 1. The Labute approximate surface area is 147 Å². The molecule has 25 heavy (non-hydrogen) atoms. The minimum Gasteiger partial charge on any atom is -0.373 e. The van der Waals surface area contributed by atoms with Gasteiger partial charge in [0.1, 0.15) is 13.2 Å². The van der Waals surface area contributed by atoms with Crippen molar-refractivity contribution in [1.29, 1.82) is 0 Å². The van der Waals surface area contributed by atoms with Crippen LogP contribution < -0.4 is 0 Å². The van der Waals surface area contributed by atoms with E-state index < -0.39 is 25.4 Å². The molecule has 6 heteroatoms. The Morgan fingerprint density at radius 2 is 1.68 bits per heavy atom. The maximum atomic E-state index is 13.8. The highest BCUT2D eigenvalue weighted by molar-refractivity contribution is 5.13. The number of ether oxygens (including phenoxy) is 4. The van der Waals surface area contributed by atoms with Gasteiger partial charge in [-0.2, -0.15) is 0 Å². The van der Waals surface area contributed by atoms with Gasteiger partial charge in [0.2, 0.25) is 0 Å². The zero-order chi connectivity index (χ0) is 17.5. The third-order valence-electron chi connectivity index (χ3n) is 4.53. The van der Waals surface area contributed by atoms with Gasteiger partial charge in [0.05, 0.1) is 18.8 Å². The van der Waals surface area contributed by atoms with E-state index in [9.17, 15) is 8.78 Å². The van der Waals surface area contributed by atoms with Crippen LogP contribution in [0.15, 0.2) is 30.3 Å². The lowest BCUT2D eigenvalue weighted by Crippen LogP contribution is -2.41. The van der Waals surface area contributed by atoms with E-state index in [2.05, 4.69) is 0 Å². The van der Waals surface area contributed by atoms with Crippen molar-refractivity contribution in [2.75, 3.05) is 19.8 Å². The summed E-state index contributed by atoms with van der Waals surface area (Å²) in [4.78, 5) is 0. The van der Waals surface area contributed by atoms with Crippen molar-refractivity contribution in [2.24, 2.45) is 0 Å². The van der Waals surface area contributed by atoms with Crippen LogP contribution in [0.5, 0.6) is 0 Å². The molecule has 0 amide bonds.